The Balaban J connectivity index is 2.60. The first-order valence-electron chi connectivity index (χ1n) is 4.32. The fourth-order valence-electron chi connectivity index (χ4n) is 0.992. The molecular formula is C9H13Br2NOS. The van der Waals surface area contributed by atoms with Crippen molar-refractivity contribution in [3.05, 3.63) is 19.2 Å². The lowest BCUT2D eigenvalue weighted by Gasteiger charge is -2.13. The van der Waals surface area contributed by atoms with Crippen LogP contribution >= 0.6 is 43.2 Å². The third kappa shape index (κ3) is 3.62. The molecule has 5 heteroatoms. The minimum Gasteiger partial charge on any atom is -0.377 e. The Morgan fingerprint density at radius 1 is 1.50 bits per heavy atom. The van der Waals surface area contributed by atoms with Crippen LogP contribution in [0.1, 0.15) is 25.5 Å². The quantitative estimate of drug-likeness (QED) is 0.905. The Hall–Kier alpha value is 0.580. The van der Waals surface area contributed by atoms with Gasteiger partial charge in [0.05, 0.1) is 26.3 Å². The molecule has 0 aliphatic rings. The predicted octanol–water partition coefficient (Wildman–Crippen LogP) is 3.70. The van der Waals surface area contributed by atoms with E-state index in [1.54, 1.807) is 11.3 Å². The Morgan fingerprint density at radius 2 is 2.14 bits per heavy atom. The van der Waals surface area contributed by atoms with E-state index in [2.05, 4.69) is 31.9 Å². The van der Waals surface area contributed by atoms with Crippen molar-refractivity contribution in [2.45, 2.75) is 26.0 Å². The van der Waals surface area contributed by atoms with E-state index in [1.807, 2.05) is 19.9 Å². The zero-order valence-corrected chi connectivity index (χ0v) is 12.1. The molecule has 14 heavy (non-hydrogen) atoms. The highest BCUT2D eigenvalue weighted by Gasteiger charge is 2.13. The van der Waals surface area contributed by atoms with Crippen LogP contribution in [0.25, 0.3) is 0 Å². The van der Waals surface area contributed by atoms with Crippen LogP contribution in [-0.4, -0.2) is 12.7 Å². The van der Waals surface area contributed by atoms with Crippen molar-refractivity contribution in [1.82, 2.24) is 0 Å². The number of ether oxygens (including phenoxy) is 1. The SMILES string of the molecule is CC(C)OCC(N)c1cc(Br)sc1Br. The Bertz CT molecular complexity index is 301. The van der Waals surface area contributed by atoms with E-state index >= 15 is 0 Å². The zero-order chi connectivity index (χ0) is 10.7. The molecule has 0 saturated carbocycles. The summed E-state index contributed by atoms with van der Waals surface area (Å²) in [6.45, 7) is 4.57. The molecule has 2 nitrogen and oxygen atoms in total. The number of halogens is 2. The first-order chi connectivity index (χ1) is 6.50. The molecular weight excluding hydrogens is 330 g/mol. The lowest BCUT2D eigenvalue weighted by Crippen LogP contribution is -2.19. The van der Waals surface area contributed by atoms with E-state index < -0.39 is 0 Å². The molecule has 2 N–H and O–H groups in total. The van der Waals surface area contributed by atoms with Crippen LogP contribution < -0.4 is 5.73 Å². The lowest BCUT2D eigenvalue weighted by atomic mass is 10.2. The Kier molecular flexibility index (Phi) is 5.06. The van der Waals surface area contributed by atoms with Gasteiger partial charge in [-0.05, 0) is 57.3 Å². The summed E-state index contributed by atoms with van der Waals surface area (Å²) in [6, 6.07) is 1.97. The van der Waals surface area contributed by atoms with Gasteiger partial charge in [0, 0.05) is 0 Å². The van der Waals surface area contributed by atoms with E-state index in [1.165, 1.54) is 0 Å². The molecule has 0 radical (unpaired) electrons. The molecule has 1 aromatic heterocycles. The maximum atomic E-state index is 5.99. The van der Waals surface area contributed by atoms with E-state index in [0.717, 1.165) is 13.1 Å². The van der Waals surface area contributed by atoms with Gasteiger partial charge in [0.15, 0.2) is 0 Å². The summed E-state index contributed by atoms with van der Waals surface area (Å²) in [7, 11) is 0. The molecule has 80 valence electrons. The van der Waals surface area contributed by atoms with Crippen LogP contribution in [0.3, 0.4) is 0 Å². The second-order valence-electron chi connectivity index (χ2n) is 3.27. The maximum Gasteiger partial charge on any atom is 0.0759 e. The van der Waals surface area contributed by atoms with E-state index in [0.29, 0.717) is 6.61 Å². The fraction of sp³-hybridized carbons (Fsp3) is 0.556. The largest absolute Gasteiger partial charge is 0.377 e. The molecule has 0 bridgehead atoms. The van der Waals surface area contributed by atoms with Crippen LogP contribution in [0.15, 0.2) is 13.6 Å². The summed E-state index contributed by atoms with van der Waals surface area (Å²) in [6.07, 6.45) is 0.224. The van der Waals surface area contributed by atoms with Gasteiger partial charge in [0.1, 0.15) is 0 Å². The molecule has 1 unspecified atom stereocenters. The summed E-state index contributed by atoms with van der Waals surface area (Å²) in [5, 5.41) is 0. The van der Waals surface area contributed by atoms with Gasteiger partial charge in [-0.3, -0.25) is 0 Å². The van der Waals surface area contributed by atoms with Crippen molar-refractivity contribution in [2.75, 3.05) is 6.61 Å². The summed E-state index contributed by atoms with van der Waals surface area (Å²) >= 11 is 8.53. The number of rotatable bonds is 4. The third-order valence-corrected chi connectivity index (χ3v) is 4.08. The van der Waals surface area contributed by atoms with Gasteiger partial charge in [-0.2, -0.15) is 0 Å². The van der Waals surface area contributed by atoms with Crippen LogP contribution in [0, 0.1) is 0 Å². The van der Waals surface area contributed by atoms with Crippen molar-refractivity contribution in [1.29, 1.82) is 0 Å². The Labute approximate surface area is 105 Å². The highest BCUT2D eigenvalue weighted by Crippen LogP contribution is 2.34. The van der Waals surface area contributed by atoms with Gasteiger partial charge in [0.25, 0.3) is 0 Å². The van der Waals surface area contributed by atoms with Gasteiger partial charge in [-0.15, -0.1) is 11.3 Å². The van der Waals surface area contributed by atoms with E-state index in [9.17, 15) is 0 Å². The van der Waals surface area contributed by atoms with Crippen molar-refractivity contribution >= 4 is 43.2 Å². The first-order valence-corrected chi connectivity index (χ1v) is 6.73. The van der Waals surface area contributed by atoms with Gasteiger partial charge in [-0.25, -0.2) is 0 Å². The molecule has 0 amide bonds. The minimum absolute atomic E-state index is 0.0608. The van der Waals surface area contributed by atoms with Crippen molar-refractivity contribution < 1.29 is 4.74 Å². The summed E-state index contributed by atoms with van der Waals surface area (Å²) in [5.41, 5.74) is 7.09. The highest BCUT2D eigenvalue weighted by molar-refractivity contribution is 9.12. The standard InChI is InChI=1S/C9H13Br2NOS/c1-5(2)13-4-7(12)6-3-8(10)14-9(6)11/h3,5,7H,4,12H2,1-2H3. The number of nitrogens with two attached hydrogens (primary N) is 1. The van der Waals surface area contributed by atoms with E-state index in [-0.39, 0.29) is 12.1 Å². The third-order valence-electron chi connectivity index (χ3n) is 1.69. The molecule has 0 saturated heterocycles. The molecule has 0 aromatic carbocycles. The van der Waals surface area contributed by atoms with Gasteiger partial charge in [-0.1, -0.05) is 0 Å². The molecule has 1 atom stereocenters. The Morgan fingerprint density at radius 3 is 2.57 bits per heavy atom. The second kappa shape index (κ2) is 5.61. The fourth-order valence-corrected chi connectivity index (χ4v) is 3.99. The van der Waals surface area contributed by atoms with Gasteiger partial charge in [0.2, 0.25) is 0 Å². The van der Waals surface area contributed by atoms with Crippen molar-refractivity contribution in [3.63, 3.8) is 0 Å². The smallest absolute Gasteiger partial charge is 0.0759 e. The summed E-state index contributed by atoms with van der Waals surface area (Å²) in [4.78, 5) is 0. The summed E-state index contributed by atoms with van der Waals surface area (Å²) in [5.74, 6) is 0. The molecule has 0 spiro atoms. The first kappa shape index (κ1) is 12.6. The van der Waals surface area contributed by atoms with Crippen LogP contribution in [0.4, 0.5) is 0 Å². The molecule has 1 aromatic rings. The van der Waals surface area contributed by atoms with Crippen molar-refractivity contribution in [3.8, 4) is 0 Å². The van der Waals surface area contributed by atoms with Crippen molar-refractivity contribution in [2.24, 2.45) is 5.73 Å². The van der Waals surface area contributed by atoms with Crippen LogP contribution in [-0.2, 0) is 4.74 Å². The normalized spacial score (nSPS) is 13.6. The van der Waals surface area contributed by atoms with Crippen LogP contribution in [0.5, 0.6) is 0 Å². The number of hydrogen-bond acceptors (Lipinski definition) is 3. The monoisotopic (exact) mass is 341 g/mol. The minimum atomic E-state index is -0.0608. The lowest BCUT2D eigenvalue weighted by molar-refractivity contribution is 0.0683. The topological polar surface area (TPSA) is 35.2 Å². The van der Waals surface area contributed by atoms with Crippen LogP contribution in [0.2, 0.25) is 0 Å². The van der Waals surface area contributed by atoms with E-state index in [4.69, 9.17) is 10.5 Å². The maximum absolute atomic E-state index is 5.99. The second-order valence-corrected chi connectivity index (χ2v) is 7.02. The molecule has 0 aliphatic carbocycles. The van der Waals surface area contributed by atoms with Gasteiger partial charge >= 0.3 is 0 Å². The number of hydrogen-bond donors (Lipinski definition) is 1. The molecule has 1 heterocycles. The molecule has 0 fully saturated rings. The summed E-state index contributed by atoms with van der Waals surface area (Å²) < 4.78 is 7.62. The molecule has 0 aliphatic heterocycles. The average molecular weight is 343 g/mol. The zero-order valence-electron chi connectivity index (χ0n) is 8.09. The molecule has 1 rings (SSSR count). The predicted molar refractivity (Wildman–Crippen MR) is 67.7 cm³/mol. The highest BCUT2D eigenvalue weighted by atomic mass is 79.9. The average Bonchev–Trinajstić information content (AvgIpc) is 2.41. The van der Waals surface area contributed by atoms with Gasteiger partial charge < -0.3 is 10.5 Å². The number of thiophene rings is 1.